The first kappa shape index (κ1) is 16.0. The van der Waals surface area contributed by atoms with E-state index >= 15 is 0 Å². The van der Waals surface area contributed by atoms with Crippen LogP contribution in [0.15, 0.2) is 18.2 Å². The number of ether oxygens (including phenoxy) is 1. The molecular formula is C15H25N3O3. The van der Waals surface area contributed by atoms with Crippen molar-refractivity contribution in [1.82, 2.24) is 15.5 Å². The summed E-state index contributed by atoms with van der Waals surface area (Å²) in [7, 11) is 1.55. The molecule has 1 aromatic rings. The van der Waals surface area contributed by atoms with Crippen LogP contribution in [-0.4, -0.2) is 48.7 Å². The van der Waals surface area contributed by atoms with Gasteiger partial charge in [-0.2, -0.15) is 0 Å². The maximum Gasteiger partial charge on any atom is 0.160 e. The van der Waals surface area contributed by atoms with Gasteiger partial charge in [0.2, 0.25) is 0 Å². The lowest BCUT2D eigenvalue weighted by molar-refractivity contribution is 0.149. The molecule has 0 unspecified atom stereocenters. The molecule has 1 heterocycles. The Morgan fingerprint density at radius 1 is 1.24 bits per heavy atom. The third-order valence-corrected chi connectivity index (χ3v) is 3.71. The van der Waals surface area contributed by atoms with Crippen molar-refractivity contribution in [3.63, 3.8) is 0 Å². The molecule has 2 rings (SSSR count). The summed E-state index contributed by atoms with van der Waals surface area (Å²) in [6.07, 6.45) is 3.10. The van der Waals surface area contributed by atoms with Crippen LogP contribution in [0.2, 0.25) is 0 Å². The molecule has 0 aromatic heterocycles. The monoisotopic (exact) mass is 295 g/mol. The van der Waals surface area contributed by atoms with E-state index in [1.54, 1.807) is 13.2 Å². The zero-order chi connectivity index (χ0) is 15.1. The number of aliphatic hydroxyl groups is 1. The minimum atomic E-state index is 0.0631. The summed E-state index contributed by atoms with van der Waals surface area (Å²) >= 11 is 0. The van der Waals surface area contributed by atoms with E-state index < -0.39 is 0 Å². The number of nitrogens with one attached hydrogen (secondary N) is 2. The highest BCUT2D eigenvalue weighted by atomic mass is 16.5. The van der Waals surface area contributed by atoms with Crippen molar-refractivity contribution in [3.8, 4) is 11.5 Å². The molecule has 6 nitrogen and oxygen atoms in total. The minimum Gasteiger partial charge on any atom is -0.504 e. The Morgan fingerprint density at radius 2 is 2.00 bits per heavy atom. The molecule has 1 saturated heterocycles. The number of hydrogen-bond donors (Lipinski definition) is 4. The number of rotatable bonds is 7. The van der Waals surface area contributed by atoms with Crippen LogP contribution in [0.5, 0.6) is 11.5 Å². The summed E-state index contributed by atoms with van der Waals surface area (Å²) in [5.41, 5.74) is 1.05. The number of aromatic hydroxyl groups is 1. The Labute approximate surface area is 125 Å². The van der Waals surface area contributed by atoms with Crippen molar-refractivity contribution in [3.05, 3.63) is 23.8 Å². The van der Waals surface area contributed by atoms with Gasteiger partial charge in [-0.15, -0.1) is 0 Å². The van der Waals surface area contributed by atoms with Crippen molar-refractivity contribution in [1.29, 1.82) is 0 Å². The molecule has 0 aliphatic carbocycles. The molecule has 6 heteroatoms. The van der Waals surface area contributed by atoms with Gasteiger partial charge in [-0.1, -0.05) is 6.07 Å². The molecule has 0 spiro atoms. The van der Waals surface area contributed by atoms with Crippen LogP contribution >= 0.6 is 0 Å². The summed E-state index contributed by atoms with van der Waals surface area (Å²) in [4.78, 5) is 2.30. The molecule has 21 heavy (non-hydrogen) atoms. The van der Waals surface area contributed by atoms with Crippen LogP contribution in [0.3, 0.4) is 0 Å². The van der Waals surface area contributed by atoms with E-state index in [9.17, 15) is 5.11 Å². The first-order chi connectivity index (χ1) is 10.2. The molecule has 0 atom stereocenters. The average molecular weight is 295 g/mol. The van der Waals surface area contributed by atoms with Gasteiger partial charge in [-0.05, 0) is 37.0 Å². The number of nitrogens with zero attached hydrogens (tertiary/aromatic N) is 1. The highest BCUT2D eigenvalue weighted by Gasteiger charge is 2.19. The van der Waals surface area contributed by atoms with Crippen molar-refractivity contribution in [2.45, 2.75) is 25.4 Å². The number of aliphatic hydroxyl groups excluding tert-OH is 1. The second kappa shape index (κ2) is 8.19. The van der Waals surface area contributed by atoms with Gasteiger partial charge in [0.1, 0.15) is 0 Å². The van der Waals surface area contributed by atoms with Crippen molar-refractivity contribution >= 4 is 0 Å². The Kier molecular flexibility index (Phi) is 6.25. The second-order valence-corrected chi connectivity index (χ2v) is 5.27. The fourth-order valence-corrected chi connectivity index (χ4v) is 2.46. The summed E-state index contributed by atoms with van der Waals surface area (Å²) in [5.74, 6) is 0.644. The smallest absolute Gasteiger partial charge is 0.160 e. The molecular weight excluding hydrogens is 270 g/mol. The van der Waals surface area contributed by atoms with Crippen molar-refractivity contribution in [2.24, 2.45) is 0 Å². The van der Waals surface area contributed by atoms with Crippen molar-refractivity contribution < 1.29 is 14.9 Å². The van der Waals surface area contributed by atoms with Gasteiger partial charge in [0.05, 0.1) is 26.6 Å². The number of unbranched alkanes of at least 4 members (excludes halogenated alkanes) is 2. The highest BCUT2D eigenvalue weighted by Crippen LogP contribution is 2.28. The number of benzene rings is 1. The van der Waals surface area contributed by atoms with E-state index in [1.807, 2.05) is 12.1 Å². The Morgan fingerprint density at radius 3 is 2.67 bits per heavy atom. The molecule has 4 N–H and O–H groups in total. The van der Waals surface area contributed by atoms with E-state index in [4.69, 9.17) is 9.84 Å². The van der Waals surface area contributed by atoms with Crippen LogP contribution in [0.25, 0.3) is 0 Å². The standard InChI is InChI=1S/C15H25N3O3/c1-21-14-9-12(5-6-13(14)20)15-16-10-18(11-17-15)7-3-2-4-8-19/h5-6,9,15-17,19-20H,2-4,7-8,10-11H2,1H3. The van der Waals surface area contributed by atoms with E-state index in [1.165, 1.54) is 0 Å². The van der Waals surface area contributed by atoms with Crippen LogP contribution in [0.1, 0.15) is 31.0 Å². The average Bonchev–Trinajstić information content (AvgIpc) is 2.53. The van der Waals surface area contributed by atoms with Gasteiger partial charge in [0.15, 0.2) is 11.5 Å². The highest BCUT2D eigenvalue weighted by molar-refractivity contribution is 5.42. The molecule has 1 fully saturated rings. The summed E-state index contributed by atoms with van der Waals surface area (Å²) in [6.45, 7) is 2.94. The van der Waals surface area contributed by atoms with E-state index in [0.717, 1.165) is 44.7 Å². The maximum atomic E-state index is 9.62. The molecule has 0 saturated carbocycles. The summed E-state index contributed by atoms with van der Waals surface area (Å²) in [6, 6.07) is 5.38. The Balaban J connectivity index is 1.81. The quantitative estimate of drug-likeness (QED) is 0.562. The van der Waals surface area contributed by atoms with E-state index in [2.05, 4.69) is 15.5 Å². The van der Waals surface area contributed by atoms with Gasteiger partial charge >= 0.3 is 0 Å². The number of hydrogen-bond acceptors (Lipinski definition) is 6. The minimum absolute atomic E-state index is 0.0631. The Hall–Kier alpha value is -1.34. The lowest BCUT2D eigenvalue weighted by Gasteiger charge is -2.34. The number of phenols is 1. The fraction of sp³-hybridized carbons (Fsp3) is 0.600. The van der Waals surface area contributed by atoms with Gasteiger partial charge in [0.25, 0.3) is 0 Å². The third-order valence-electron chi connectivity index (χ3n) is 3.71. The van der Waals surface area contributed by atoms with Gasteiger partial charge in [-0.25, -0.2) is 0 Å². The molecule has 1 aliphatic rings. The lowest BCUT2D eigenvalue weighted by Crippen LogP contribution is -2.52. The zero-order valence-corrected chi connectivity index (χ0v) is 12.5. The maximum absolute atomic E-state index is 9.62. The van der Waals surface area contributed by atoms with Gasteiger partial charge in [-0.3, -0.25) is 15.5 Å². The lowest BCUT2D eigenvalue weighted by atomic mass is 10.1. The SMILES string of the molecule is COc1cc(C2NCN(CCCCCO)CN2)ccc1O. The molecule has 0 bridgehead atoms. The molecule has 0 amide bonds. The van der Waals surface area contributed by atoms with E-state index in [-0.39, 0.29) is 18.5 Å². The number of phenolic OH excluding ortho intramolecular Hbond substituents is 1. The van der Waals surface area contributed by atoms with Gasteiger partial charge < -0.3 is 14.9 Å². The predicted octanol–water partition coefficient (Wildman–Crippen LogP) is 0.972. The summed E-state index contributed by atoms with van der Waals surface area (Å²) < 4.78 is 5.14. The number of methoxy groups -OCH3 is 1. The predicted molar refractivity (Wildman–Crippen MR) is 81.0 cm³/mol. The molecule has 0 radical (unpaired) electrons. The third kappa shape index (κ3) is 4.57. The molecule has 1 aromatic carbocycles. The van der Waals surface area contributed by atoms with Crippen LogP contribution in [0, 0.1) is 0 Å². The fourth-order valence-electron chi connectivity index (χ4n) is 2.46. The van der Waals surface area contributed by atoms with Crippen LogP contribution < -0.4 is 15.4 Å². The topological polar surface area (TPSA) is 77.0 Å². The zero-order valence-electron chi connectivity index (χ0n) is 12.5. The second-order valence-electron chi connectivity index (χ2n) is 5.27. The van der Waals surface area contributed by atoms with Crippen LogP contribution in [0.4, 0.5) is 0 Å². The first-order valence-electron chi connectivity index (χ1n) is 7.41. The normalized spacial score (nSPS) is 17.0. The van der Waals surface area contributed by atoms with Crippen LogP contribution in [-0.2, 0) is 0 Å². The molecule has 118 valence electrons. The molecule has 1 aliphatic heterocycles. The van der Waals surface area contributed by atoms with Gasteiger partial charge in [0, 0.05) is 13.2 Å². The summed E-state index contributed by atoms with van der Waals surface area (Å²) in [5, 5.41) is 25.2. The first-order valence-corrected chi connectivity index (χ1v) is 7.41. The largest absolute Gasteiger partial charge is 0.504 e. The van der Waals surface area contributed by atoms with Crippen molar-refractivity contribution in [2.75, 3.05) is 33.6 Å². The van der Waals surface area contributed by atoms with E-state index in [0.29, 0.717) is 5.75 Å². The Bertz CT molecular complexity index is 434.